The summed E-state index contributed by atoms with van der Waals surface area (Å²) in [5, 5.41) is 73.2. The molecule has 1 aliphatic heterocycles. The number of aliphatic hydroxyl groups excluding tert-OH is 2. The number of rotatable bonds is 12. The first-order valence-corrected chi connectivity index (χ1v) is 17.7. The van der Waals surface area contributed by atoms with Crippen LogP contribution in [0.4, 0.5) is 0 Å². The number of aliphatic hydroxyl groups is 2. The topological polar surface area (TPSA) is 415 Å². The van der Waals surface area contributed by atoms with Crippen molar-refractivity contribution in [1.29, 1.82) is 0 Å². The lowest BCUT2D eigenvalue weighted by molar-refractivity contribution is -0.308. The molecule has 24 heteroatoms. The third-order valence-electron chi connectivity index (χ3n) is 7.38. The molecule has 24 nitrogen and oxygen atoms in total. The normalized spacial score (nSPS) is 17.2. The van der Waals surface area contributed by atoms with Gasteiger partial charge in [0.15, 0.2) is 0 Å². The monoisotopic (exact) mass is 897 g/mol. The molecule has 0 aliphatic carbocycles. The number of carboxylic acids is 3. The number of epoxide rings is 1. The molecule has 0 aromatic carbocycles. The Bertz CT molecular complexity index is 889. The van der Waals surface area contributed by atoms with Crippen LogP contribution in [0.25, 0.3) is 0 Å². The van der Waals surface area contributed by atoms with Crippen LogP contribution in [-0.4, -0.2) is 150 Å². The number of carbonyl (C=O) groups excluding carboxylic acids is 3. The second-order valence-electron chi connectivity index (χ2n) is 12.7. The summed E-state index contributed by atoms with van der Waals surface area (Å²) < 4.78 is 12.8. The van der Waals surface area contributed by atoms with E-state index in [-0.39, 0.29) is 59.0 Å². The highest BCUT2D eigenvalue weighted by Gasteiger charge is 2.28. The SMILES string of the molecule is CC(=O)O.CC(=O)O.CC(=O)O.CC(=O)OC(C)=O.CC(O)C(C)C(C)OO.CC(O)C(C)C(C)OO.CC(OO)C(C)C(C)C(C)OO.CC1OC1C.COC=O.O.O. The Morgan fingerprint density at radius 2 is 0.650 bits per heavy atom. The Kier molecular flexibility index (Phi) is 71.8. The number of ether oxygens (including phenoxy) is 3. The maximum absolute atomic E-state index is 9.81. The average molecular weight is 897 g/mol. The van der Waals surface area contributed by atoms with Gasteiger partial charge in [-0.05, 0) is 67.2 Å². The summed E-state index contributed by atoms with van der Waals surface area (Å²) in [5.74, 6) is -3.45. The van der Waals surface area contributed by atoms with Gasteiger partial charge in [-0.15, -0.1) is 0 Å². The van der Waals surface area contributed by atoms with Crippen molar-refractivity contribution < 1.29 is 120 Å². The molecule has 1 heterocycles. The van der Waals surface area contributed by atoms with Crippen molar-refractivity contribution >= 4 is 36.3 Å². The van der Waals surface area contributed by atoms with Crippen molar-refractivity contribution in [1.82, 2.24) is 0 Å². The molecule has 12 atom stereocenters. The van der Waals surface area contributed by atoms with Crippen LogP contribution in [0, 0.1) is 23.7 Å². The maximum atomic E-state index is 9.81. The van der Waals surface area contributed by atoms with Crippen molar-refractivity contribution in [3.63, 3.8) is 0 Å². The van der Waals surface area contributed by atoms with E-state index in [2.05, 4.69) is 42.9 Å². The first-order valence-electron chi connectivity index (χ1n) is 17.7. The molecule has 12 unspecified atom stereocenters. The van der Waals surface area contributed by atoms with Crippen LogP contribution in [0.2, 0.25) is 0 Å². The van der Waals surface area contributed by atoms with Crippen LogP contribution in [0.15, 0.2) is 0 Å². The molecule has 0 radical (unpaired) electrons. The quantitative estimate of drug-likeness (QED) is 0.0339. The molecule has 0 spiro atoms. The van der Waals surface area contributed by atoms with Gasteiger partial charge >= 0.3 is 11.9 Å². The zero-order chi connectivity index (χ0) is 48.5. The highest BCUT2D eigenvalue weighted by molar-refractivity contribution is 5.82. The van der Waals surface area contributed by atoms with E-state index in [0.717, 1.165) is 20.8 Å². The lowest BCUT2D eigenvalue weighted by Gasteiger charge is -2.26. The van der Waals surface area contributed by atoms with E-state index >= 15 is 0 Å². The predicted molar refractivity (Wildman–Crippen MR) is 215 cm³/mol. The van der Waals surface area contributed by atoms with Gasteiger partial charge in [0, 0.05) is 46.5 Å². The summed E-state index contributed by atoms with van der Waals surface area (Å²) in [5.41, 5.74) is 0. The molecule has 0 aromatic rings. The van der Waals surface area contributed by atoms with Gasteiger partial charge in [-0.2, -0.15) is 0 Å². The minimum Gasteiger partial charge on any atom is -0.481 e. The van der Waals surface area contributed by atoms with Crippen LogP contribution in [0.5, 0.6) is 0 Å². The Balaban J connectivity index is -0.0000000601. The third-order valence-corrected chi connectivity index (χ3v) is 7.38. The van der Waals surface area contributed by atoms with E-state index in [4.69, 9.17) is 70.5 Å². The van der Waals surface area contributed by atoms with Gasteiger partial charge in [-0.25, -0.2) is 19.6 Å². The second-order valence-corrected chi connectivity index (χ2v) is 12.7. The molecular weight excluding hydrogens is 816 g/mol. The highest BCUT2D eigenvalue weighted by atomic mass is 17.1. The van der Waals surface area contributed by atoms with E-state index in [1.165, 1.54) is 21.0 Å². The van der Waals surface area contributed by atoms with Gasteiger partial charge in [0.25, 0.3) is 24.4 Å². The van der Waals surface area contributed by atoms with Crippen molar-refractivity contribution in [2.45, 2.75) is 167 Å². The molecule has 1 aliphatic rings. The molecule has 1 saturated heterocycles. The maximum Gasteiger partial charge on any atom is 0.310 e. The minimum atomic E-state index is -0.833. The van der Waals surface area contributed by atoms with Gasteiger partial charge in [-0.1, -0.05) is 27.7 Å². The smallest absolute Gasteiger partial charge is 0.310 e. The summed E-state index contributed by atoms with van der Waals surface area (Å²) in [7, 11) is 1.31. The Morgan fingerprint density at radius 3 is 0.700 bits per heavy atom. The Hall–Kier alpha value is -3.50. The fourth-order valence-corrected chi connectivity index (χ4v) is 2.52. The number of aliphatic carboxylic acids is 3. The molecule has 60 heavy (non-hydrogen) atoms. The summed E-state index contributed by atoms with van der Waals surface area (Å²) in [6.07, 6.45) is -0.880. The van der Waals surface area contributed by atoms with Gasteiger partial charge in [0.2, 0.25) is 0 Å². The van der Waals surface area contributed by atoms with Crippen molar-refractivity contribution in [2.24, 2.45) is 23.7 Å². The van der Waals surface area contributed by atoms with Crippen molar-refractivity contribution in [3.05, 3.63) is 0 Å². The van der Waals surface area contributed by atoms with Gasteiger partial charge in [0.05, 0.1) is 55.9 Å². The fraction of sp³-hybridized carbons (Fsp3) is 0.833. The molecule has 1 rings (SSSR count). The summed E-state index contributed by atoms with van der Waals surface area (Å²) in [6, 6.07) is 0. The third kappa shape index (κ3) is 82.4. The first kappa shape index (κ1) is 80.5. The zero-order valence-electron chi connectivity index (χ0n) is 38.3. The predicted octanol–water partition coefficient (Wildman–Crippen LogP) is 3.08. The van der Waals surface area contributed by atoms with Crippen LogP contribution in [-0.2, 0) is 62.5 Å². The number of hydrogen-bond donors (Lipinski definition) is 9. The highest BCUT2D eigenvalue weighted by Crippen LogP contribution is 2.21. The minimum absolute atomic E-state index is 0. The molecule has 1 fully saturated rings. The first-order chi connectivity index (χ1) is 26.3. The molecule has 0 bridgehead atoms. The zero-order valence-corrected chi connectivity index (χ0v) is 38.3. The van der Waals surface area contributed by atoms with E-state index in [1.807, 2.05) is 27.7 Å². The summed E-state index contributed by atoms with van der Waals surface area (Å²) >= 11 is 0. The number of methoxy groups -OCH3 is 1. The lowest BCUT2D eigenvalue weighted by Crippen LogP contribution is -2.30. The van der Waals surface area contributed by atoms with Crippen LogP contribution < -0.4 is 0 Å². The molecule has 0 amide bonds. The molecular formula is C36H80O24. The molecule has 368 valence electrons. The van der Waals surface area contributed by atoms with Gasteiger partial charge < -0.3 is 50.7 Å². The second kappa shape index (κ2) is 53.5. The van der Waals surface area contributed by atoms with Crippen LogP contribution in [0.1, 0.15) is 118 Å². The fourth-order valence-electron chi connectivity index (χ4n) is 2.52. The molecule has 0 aromatic heterocycles. The summed E-state index contributed by atoms with van der Waals surface area (Å²) in [4.78, 5) is 72.0. The van der Waals surface area contributed by atoms with E-state index < -0.39 is 42.1 Å². The lowest BCUT2D eigenvalue weighted by atomic mass is 9.88. The van der Waals surface area contributed by atoms with E-state index in [1.54, 1.807) is 41.5 Å². The Morgan fingerprint density at radius 1 is 0.500 bits per heavy atom. The average Bonchev–Trinajstić information content (AvgIpc) is 3.78. The van der Waals surface area contributed by atoms with Crippen molar-refractivity contribution in [2.75, 3.05) is 7.11 Å². The molecule has 13 N–H and O–H groups in total. The van der Waals surface area contributed by atoms with Crippen molar-refractivity contribution in [3.8, 4) is 0 Å². The number of esters is 2. The van der Waals surface area contributed by atoms with Crippen LogP contribution >= 0.6 is 0 Å². The number of carboxylic acid groups (broad SMARTS) is 3. The summed E-state index contributed by atoms with van der Waals surface area (Å²) in [6.45, 7) is 27.9. The van der Waals surface area contributed by atoms with Gasteiger partial charge in [0.1, 0.15) is 0 Å². The number of hydrogen-bond acceptors (Lipinski definition) is 19. The molecule has 0 saturated carbocycles. The van der Waals surface area contributed by atoms with E-state index in [0.29, 0.717) is 18.7 Å². The largest absolute Gasteiger partial charge is 0.481 e. The van der Waals surface area contributed by atoms with E-state index in [9.17, 15) is 9.59 Å². The van der Waals surface area contributed by atoms with Crippen LogP contribution in [0.3, 0.4) is 0 Å². The number of carbonyl (C=O) groups is 6. The standard InChI is InChI=1S/C8H18O4.2C6H14O3.C4H6O3.C4H8O.4C2H4O2.2H2O/c1-5(7(3)11-9)6(2)8(4)12-10;2*1-4(5(2)7)6(3)9-8;1-3(5)7-4(2)6;1-3-4(2)5-3;1-4-2-3;3*1-2(3)4;;/h5-10H,1-4H3;2*4-8H,1-3H3;1-2H3;3-4H,1-2H3;2H,1H3;3*1H3,(H,3,4);2*1H2. The Labute approximate surface area is 353 Å². The van der Waals surface area contributed by atoms with Gasteiger partial charge in [-0.3, -0.25) is 49.8 Å².